The molecule has 3 aromatic rings. The van der Waals surface area contributed by atoms with E-state index in [-0.39, 0.29) is 11.4 Å². The largest absolute Gasteiger partial charge is 0.495 e. The molecule has 10 heteroatoms. The van der Waals surface area contributed by atoms with Crippen LogP contribution in [0.25, 0.3) is 11.8 Å². The number of fused-ring (bicyclic) bond motifs is 1. The predicted octanol–water partition coefficient (Wildman–Crippen LogP) is 4.40. The summed E-state index contributed by atoms with van der Waals surface area (Å²) in [6, 6.07) is 12.6. The summed E-state index contributed by atoms with van der Waals surface area (Å²) in [4.78, 5) is 16.8. The predicted molar refractivity (Wildman–Crippen MR) is 120 cm³/mol. The van der Waals surface area contributed by atoms with Gasteiger partial charge in [0.2, 0.25) is 5.17 Å². The molecule has 1 N–H and O–H groups in total. The highest BCUT2D eigenvalue weighted by molar-refractivity contribution is 8.27. The maximum atomic E-state index is 12.7. The number of aliphatic imine (C=N–C) groups is 1. The number of amidine groups is 2. The molecule has 0 aliphatic carbocycles. The zero-order valence-electron chi connectivity index (χ0n) is 16.1. The first-order valence-electron chi connectivity index (χ1n) is 9.10. The highest BCUT2D eigenvalue weighted by Crippen LogP contribution is 2.32. The molecule has 8 nitrogen and oxygen atoms in total. The number of amides is 1. The van der Waals surface area contributed by atoms with E-state index in [1.807, 2.05) is 29.0 Å². The van der Waals surface area contributed by atoms with E-state index in [4.69, 9.17) is 26.2 Å². The molecule has 4 heterocycles. The molecule has 0 fully saturated rings. The SMILES string of the molecule is COc1ccc(-n2cccc2/C=C2/C(=N)N3N=C(c4ccco4)SC3=NC2=O)cc1Cl. The number of halogens is 1. The third kappa shape index (κ3) is 3.37. The van der Waals surface area contributed by atoms with Crippen LogP contribution in [0.1, 0.15) is 11.5 Å². The minimum atomic E-state index is -0.500. The lowest BCUT2D eigenvalue weighted by atomic mass is 10.1. The average molecular weight is 452 g/mol. The number of benzene rings is 1. The van der Waals surface area contributed by atoms with Gasteiger partial charge in [0.25, 0.3) is 5.91 Å². The molecular weight excluding hydrogens is 438 g/mol. The van der Waals surface area contributed by atoms with E-state index >= 15 is 0 Å². The van der Waals surface area contributed by atoms with Gasteiger partial charge in [-0.25, -0.2) is 0 Å². The maximum Gasteiger partial charge on any atom is 0.283 e. The minimum absolute atomic E-state index is 0.0513. The molecule has 0 bridgehead atoms. The van der Waals surface area contributed by atoms with Crippen LogP contribution in [0.2, 0.25) is 5.02 Å². The van der Waals surface area contributed by atoms with Gasteiger partial charge in [0.05, 0.1) is 24.0 Å². The van der Waals surface area contributed by atoms with Crippen LogP contribution < -0.4 is 4.74 Å². The summed E-state index contributed by atoms with van der Waals surface area (Å²) < 4.78 is 12.4. The van der Waals surface area contributed by atoms with Crippen LogP contribution in [-0.2, 0) is 4.79 Å². The van der Waals surface area contributed by atoms with Gasteiger partial charge in [0, 0.05) is 17.6 Å². The smallest absolute Gasteiger partial charge is 0.283 e. The van der Waals surface area contributed by atoms with Crippen molar-refractivity contribution >= 4 is 51.4 Å². The zero-order valence-corrected chi connectivity index (χ0v) is 17.6. The first kappa shape index (κ1) is 19.4. The van der Waals surface area contributed by atoms with Gasteiger partial charge in [-0.15, -0.1) is 0 Å². The Morgan fingerprint density at radius 2 is 2.13 bits per heavy atom. The molecule has 0 atom stereocenters. The van der Waals surface area contributed by atoms with Crippen LogP contribution in [0.15, 0.2) is 75.0 Å². The Morgan fingerprint density at radius 3 is 2.87 bits per heavy atom. The molecule has 1 aromatic carbocycles. The topological polar surface area (TPSA) is 96.2 Å². The monoisotopic (exact) mass is 451 g/mol. The third-order valence-corrected chi connectivity index (χ3v) is 5.89. The fourth-order valence-corrected chi connectivity index (χ4v) is 4.30. The van der Waals surface area contributed by atoms with Gasteiger partial charge >= 0.3 is 0 Å². The Hall–Kier alpha value is -3.56. The first-order chi connectivity index (χ1) is 15.0. The molecule has 0 spiro atoms. The Labute approximate surface area is 186 Å². The van der Waals surface area contributed by atoms with Gasteiger partial charge in [-0.2, -0.15) is 15.1 Å². The lowest BCUT2D eigenvalue weighted by Gasteiger charge is -2.20. The summed E-state index contributed by atoms with van der Waals surface area (Å²) in [6.07, 6.45) is 5.00. The number of aromatic nitrogens is 1. The normalized spacial score (nSPS) is 17.1. The molecule has 2 aliphatic heterocycles. The summed E-state index contributed by atoms with van der Waals surface area (Å²) >= 11 is 7.45. The van der Waals surface area contributed by atoms with Gasteiger partial charge in [0.15, 0.2) is 16.6 Å². The summed E-state index contributed by atoms with van der Waals surface area (Å²) in [6.45, 7) is 0. The van der Waals surface area contributed by atoms with Gasteiger partial charge in [-0.05, 0) is 60.3 Å². The third-order valence-electron chi connectivity index (χ3n) is 4.67. The van der Waals surface area contributed by atoms with Crippen molar-refractivity contribution in [1.29, 1.82) is 5.41 Å². The number of carbonyl (C=O) groups excluding carboxylic acids is 1. The van der Waals surface area contributed by atoms with Crippen LogP contribution in [0.3, 0.4) is 0 Å². The van der Waals surface area contributed by atoms with E-state index in [0.717, 1.165) is 5.69 Å². The van der Waals surface area contributed by atoms with Crippen molar-refractivity contribution in [3.8, 4) is 11.4 Å². The van der Waals surface area contributed by atoms with Crippen LogP contribution in [0, 0.1) is 5.41 Å². The van der Waals surface area contributed by atoms with Crippen molar-refractivity contribution in [3.63, 3.8) is 0 Å². The Bertz CT molecular complexity index is 1310. The van der Waals surface area contributed by atoms with Crippen LogP contribution in [0.4, 0.5) is 0 Å². The molecule has 5 rings (SSSR count). The number of hydrogen-bond donors (Lipinski definition) is 1. The summed E-state index contributed by atoms with van der Waals surface area (Å²) in [5.41, 5.74) is 1.61. The highest BCUT2D eigenvalue weighted by atomic mass is 35.5. The minimum Gasteiger partial charge on any atom is -0.495 e. The van der Waals surface area contributed by atoms with Crippen LogP contribution in [0.5, 0.6) is 5.75 Å². The molecule has 0 radical (unpaired) electrons. The highest BCUT2D eigenvalue weighted by Gasteiger charge is 2.36. The van der Waals surface area contributed by atoms with E-state index in [9.17, 15) is 4.79 Å². The second kappa shape index (κ2) is 7.60. The number of furan rings is 1. The fourth-order valence-electron chi connectivity index (χ4n) is 3.19. The van der Waals surface area contributed by atoms with Crippen molar-refractivity contribution < 1.29 is 13.9 Å². The van der Waals surface area contributed by atoms with Crippen LogP contribution in [-0.4, -0.2) is 38.6 Å². The average Bonchev–Trinajstić information content (AvgIpc) is 3.51. The number of hydrogen-bond acceptors (Lipinski definition) is 6. The van der Waals surface area contributed by atoms with Crippen LogP contribution >= 0.6 is 23.4 Å². The number of thioether (sulfide) groups is 1. The molecule has 0 saturated carbocycles. The summed E-state index contributed by atoms with van der Waals surface area (Å²) in [5.74, 6) is 0.572. The number of ether oxygens (including phenoxy) is 1. The second-order valence-electron chi connectivity index (χ2n) is 6.52. The molecule has 31 heavy (non-hydrogen) atoms. The maximum absolute atomic E-state index is 12.7. The Kier molecular flexibility index (Phi) is 4.76. The Morgan fingerprint density at radius 1 is 1.26 bits per heavy atom. The molecule has 0 saturated heterocycles. The van der Waals surface area contributed by atoms with E-state index in [1.54, 1.807) is 43.7 Å². The van der Waals surface area contributed by atoms with Gasteiger partial charge in [-0.3, -0.25) is 10.2 Å². The summed E-state index contributed by atoms with van der Waals surface area (Å²) in [7, 11) is 1.55. The summed E-state index contributed by atoms with van der Waals surface area (Å²) in [5, 5.41) is 15.6. The lowest BCUT2D eigenvalue weighted by molar-refractivity contribution is -0.114. The quantitative estimate of drug-likeness (QED) is 0.593. The van der Waals surface area contributed by atoms with Crippen molar-refractivity contribution in [3.05, 3.63) is 77.0 Å². The number of methoxy groups -OCH3 is 1. The second-order valence-corrected chi connectivity index (χ2v) is 7.89. The van der Waals surface area contributed by atoms with Crippen molar-refractivity contribution in [2.75, 3.05) is 7.11 Å². The van der Waals surface area contributed by atoms with E-state index in [0.29, 0.717) is 32.4 Å². The molecule has 2 aromatic heterocycles. The fraction of sp³-hybridized carbons (Fsp3) is 0.0476. The number of carbonyl (C=O) groups is 1. The molecular formula is C21H14ClN5O3S. The molecule has 154 valence electrons. The van der Waals surface area contributed by atoms with E-state index in [2.05, 4.69) is 10.1 Å². The molecule has 1 amide bonds. The van der Waals surface area contributed by atoms with Crippen molar-refractivity contribution in [2.24, 2.45) is 10.1 Å². The first-order valence-corrected chi connectivity index (χ1v) is 10.3. The van der Waals surface area contributed by atoms with Gasteiger partial charge in [-0.1, -0.05) is 11.6 Å². The Balaban J connectivity index is 1.50. The number of hydrazone groups is 1. The molecule has 2 aliphatic rings. The van der Waals surface area contributed by atoms with Gasteiger partial charge < -0.3 is 13.7 Å². The number of rotatable bonds is 4. The molecule has 0 unspecified atom stereocenters. The van der Waals surface area contributed by atoms with E-state index in [1.165, 1.54) is 16.8 Å². The van der Waals surface area contributed by atoms with Crippen molar-refractivity contribution in [2.45, 2.75) is 0 Å². The van der Waals surface area contributed by atoms with E-state index < -0.39 is 5.91 Å². The van der Waals surface area contributed by atoms with Gasteiger partial charge in [0.1, 0.15) is 5.75 Å². The number of nitrogens with zero attached hydrogens (tertiary/aromatic N) is 4. The number of nitrogens with one attached hydrogen (secondary N) is 1. The lowest BCUT2D eigenvalue weighted by Crippen LogP contribution is -2.35. The standard InChI is InChI=1S/C21H14ClN5O3S/c1-29-16-7-6-13(11-15(16)22)26-8-2-4-12(26)10-14-18(23)27-21(24-19(14)28)31-20(25-27)17-5-3-9-30-17/h2-11,23H,1H3/b14-10-,23-18?. The zero-order chi connectivity index (χ0) is 21.5. The van der Waals surface area contributed by atoms with Crippen molar-refractivity contribution in [1.82, 2.24) is 9.58 Å².